The van der Waals surface area contributed by atoms with Crippen molar-refractivity contribution in [1.29, 1.82) is 0 Å². The Hall–Kier alpha value is -3.03. The summed E-state index contributed by atoms with van der Waals surface area (Å²) >= 11 is 0. The average molecular weight is 393 g/mol. The van der Waals surface area contributed by atoms with E-state index in [1.165, 1.54) is 10.4 Å². The smallest absolute Gasteiger partial charge is 0.317 e. The minimum absolute atomic E-state index is 0.0348. The molecular formula is C21H28BN5O2. The van der Waals surface area contributed by atoms with Gasteiger partial charge in [-0.2, -0.15) is 0 Å². The number of aromatic nitrogens is 2. The number of nitrogens with one attached hydrogen (secondary N) is 2. The highest BCUT2D eigenvalue weighted by atomic mass is 16.2. The van der Waals surface area contributed by atoms with Crippen molar-refractivity contribution in [3.05, 3.63) is 48.4 Å². The quantitative estimate of drug-likeness (QED) is 0.589. The molecule has 0 spiro atoms. The lowest BCUT2D eigenvalue weighted by molar-refractivity contribution is -0.135. The molecule has 3 rings (SSSR count). The summed E-state index contributed by atoms with van der Waals surface area (Å²) in [6.45, 7) is 4.35. The van der Waals surface area contributed by atoms with E-state index in [1.54, 1.807) is 19.0 Å². The van der Waals surface area contributed by atoms with Gasteiger partial charge in [-0.1, -0.05) is 55.7 Å². The minimum Gasteiger partial charge on any atom is -0.346 e. The molecule has 2 heterocycles. The van der Waals surface area contributed by atoms with Crippen molar-refractivity contribution in [2.75, 3.05) is 20.6 Å². The van der Waals surface area contributed by atoms with E-state index in [4.69, 9.17) is 4.98 Å². The van der Waals surface area contributed by atoms with Crippen molar-refractivity contribution < 1.29 is 9.59 Å². The second-order valence-corrected chi connectivity index (χ2v) is 7.97. The Balaban J connectivity index is 1.80. The molecule has 3 amide bonds. The van der Waals surface area contributed by atoms with Gasteiger partial charge in [-0.15, -0.1) is 0 Å². The molecule has 2 aromatic rings. The van der Waals surface area contributed by atoms with Crippen LogP contribution in [0, 0.1) is 5.92 Å². The number of imidazole rings is 1. The molecule has 0 saturated heterocycles. The van der Waals surface area contributed by atoms with Gasteiger partial charge in [-0.05, 0) is 5.92 Å². The molecule has 0 fully saturated rings. The molecule has 0 saturated carbocycles. The van der Waals surface area contributed by atoms with Gasteiger partial charge in [0.25, 0.3) is 0 Å². The first-order valence-corrected chi connectivity index (χ1v) is 9.85. The van der Waals surface area contributed by atoms with Crippen LogP contribution in [0.1, 0.15) is 25.7 Å². The maximum absolute atomic E-state index is 13.3. The van der Waals surface area contributed by atoms with Crippen LogP contribution in [0.3, 0.4) is 0 Å². The van der Waals surface area contributed by atoms with Crippen molar-refractivity contribution in [2.45, 2.75) is 25.9 Å². The highest BCUT2D eigenvalue weighted by Gasteiger charge is 2.35. The second kappa shape index (κ2) is 8.55. The van der Waals surface area contributed by atoms with Gasteiger partial charge in [0, 0.05) is 32.4 Å². The molecule has 8 heteroatoms. The van der Waals surface area contributed by atoms with Crippen LogP contribution in [-0.2, 0) is 4.79 Å². The second-order valence-electron chi connectivity index (χ2n) is 7.97. The number of urea groups is 1. The fraction of sp³-hybridized carbons (Fsp3) is 0.381. The molecular weight excluding hydrogens is 365 g/mol. The molecule has 0 radical (unpaired) electrons. The molecule has 152 valence electrons. The van der Waals surface area contributed by atoms with E-state index in [9.17, 15) is 9.59 Å². The Morgan fingerprint density at radius 1 is 1.28 bits per heavy atom. The molecule has 2 N–H and O–H groups in total. The average Bonchev–Trinajstić information content (AvgIpc) is 3.34. The number of hydrogen-bond donors (Lipinski definition) is 2. The van der Waals surface area contributed by atoms with Gasteiger partial charge in [0.1, 0.15) is 25.8 Å². The zero-order valence-electron chi connectivity index (χ0n) is 17.6. The first-order chi connectivity index (χ1) is 13.8. The lowest BCUT2D eigenvalue weighted by Crippen LogP contribution is -2.53. The van der Waals surface area contributed by atoms with Gasteiger partial charge in [0.05, 0.1) is 5.69 Å². The van der Waals surface area contributed by atoms with Gasteiger partial charge in [0.15, 0.2) is 0 Å². The van der Waals surface area contributed by atoms with E-state index in [0.717, 1.165) is 11.3 Å². The number of amides is 3. The van der Waals surface area contributed by atoms with Crippen molar-refractivity contribution in [1.82, 2.24) is 25.1 Å². The number of nitrogens with zero attached hydrogens (tertiary/aromatic N) is 3. The largest absolute Gasteiger partial charge is 0.346 e. The van der Waals surface area contributed by atoms with Crippen LogP contribution in [0.4, 0.5) is 4.79 Å². The Bertz CT molecular complexity index is 904. The third kappa shape index (κ3) is 4.53. The number of benzene rings is 1. The molecule has 7 nitrogen and oxygen atoms in total. The number of carbonyl (C=O) groups excluding carboxylic acids is 2. The van der Waals surface area contributed by atoms with E-state index in [2.05, 4.69) is 22.4 Å². The maximum atomic E-state index is 13.3. The zero-order chi connectivity index (χ0) is 21.1. The molecule has 29 heavy (non-hydrogen) atoms. The molecule has 1 unspecified atom stereocenters. The van der Waals surface area contributed by atoms with Crippen molar-refractivity contribution in [3.63, 3.8) is 0 Å². The summed E-state index contributed by atoms with van der Waals surface area (Å²) in [5.41, 5.74) is 3.06. The van der Waals surface area contributed by atoms with Crippen LogP contribution >= 0.6 is 0 Å². The first-order valence-electron chi connectivity index (χ1n) is 9.85. The highest BCUT2D eigenvalue weighted by Crippen LogP contribution is 2.28. The third-order valence-corrected chi connectivity index (χ3v) is 5.08. The van der Waals surface area contributed by atoms with Crippen LogP contribution in [-0.4, -0.2) is 66.2 Å². The summed E-state index contributed by atoms with van der Waals surface area (Å²) in [6.07, 6.45) is 5.80. The summed E-state index contributed by atoms with van der Waals surface area (Å²) in [5.74, 6) is 0.565. The van der Waals surface area contributed by atoms with Gasteiger partial charge in [0.2, 0.25) is 5.91 Å². The van der Waals surface area contributed by atoms with Crippen molar-refractivity contribution in [3.8, 4) is 11.3 Å². The van der Waals surface area contributed by atoms with Gasteiger partial charge < -0.3 is 20.1 Å². The SMILES string of the molecule is Bc1ccc(-c2c[nH]c([C@@H]3C=CCN3C(=O)C(NC(=O)N(C)C)C(C)C)n2)cc1. The molecule has 1 aromatic carbocycles. The van der Waals surface area contributed by atoms with Crippen molar-refractivity contribution >= 4 is 25.2 Å². The van der Waals surface area contributed by atoms with E-state index in [0.29, 0.717) is 12.4 Å². The van der Waals surface area contributed by atoms with E-state index < -0.39 is 6.04 Å². The van der Waals surface area contributed by atoms with Gasteiger partial charge in [-0.25, -0.2) is 9.78 Å². The molecule has 1 aliphatic heterocycles. The first kappa shape index (κ1) is 20.7. The fourth-order valence-electron chi connectivity index (χ4n) is 3.30. The van der Waals surface area contributed by atoms with Crippen LogP contribution in [0.15, 0.2) is 42.6 Å². The summed E-state index contributed by atoms with van der Waals surface area (Å²) in [5, 5.41) is 2.84. The standard InChI is InChI=1S/C21H28BN5O2/c1-13(2)18(25-21(29)26(3)4)20(28)27-11-5-6-17(27)19-23-12-16(24-19)14-7-9-15(22)10-8-14/h5-10,12-13,17-18H,11,22H2,1-4H3,(H,23,24)(H,25,29)/t17-,18?/m0/s1. The van der Waals surface area contributed by atoms with E-state index in [1.807, 2.05) is 52.2 Å². The number of rotatable bonds is 5. The molecule has 1 aliphatic rings. The Kier molecular flexibility index (Phi) is 6.10. The predicted molar refractivity (Wildman–Crippen MR) is 117 cm³/mol. The Morgan fingerprint density at radius 3 is 2.59 bits per heavy atom. The predicted octanol–water partition coefficient (Wildman–Crippen LogP) is 1.07. The lowest BCUT2D eigenvalue weighted by atomic mass is 9.95. The molecule has 2 atom stereocenters. The monoisotopic (exact) mass is 393 g/mol. The summed E-state index contributed by atoms with van der Waals surface area (Å²) in [7, 11) is 5.37. The van der Waals surface area contributed by atoms with E-state index >= 15 is 0 Å². The van der Waals surface area contributed by atoms with Crippen LogP contribution in [0.2, 0.25) is 0 Å². The highest BCUT2D eigenvalue weighted by molar-refractivity contribution is 6.32. The van der Waals surface area contributed by atoms with Crippen LogP contribution < -0.4 is 10.8 Å². The van der Waals surface area contributed by atoms with E-state index in [-0.39, 0.29) is 23.9 Å². The van der Waals surface area contributed by atoms with Gasteiger partial charge >= 0.3 is 6.03 Å². The molecule has 0 aliphatic carbocycles. The maximum Gasteiger partial charge on any atom is 0.317 e. The van der Waals surface area contributed by atoms with Crippen LogP contribution in [0.25, 0.3) is 11.3 Å². The van der Waals surface area contributed by atoms with Gasteiger partial charge in [-0.3, -0.25) is 4.79 Å². The number of H-pyrrole nitrogens is 1. The Morgan fingerprint density at radius 2 is 1.97 bits per heavy atom. The third-order valence-electron chi connectivity index (χ3n) is 5.08. The van der Waals surface area contributed by atoms with Crippen LogP contribution in [0.5, 0.6) is 0 Å². The summed E-state index contributed by atoms with van der Waals surface area (Å²) in [6, 6.07) is 7.02. The fourth-order valence-corrected chi connectivity index (χ4v) is 3.30. The minimum atomic E-state index is -0.598. The number of carbonyl (C=O) groups is 2. The van der Waals surface area contributed by atoms with Crippen molar-refractivity contribution in [2.24, 2.45) is 5.92 Å². The topological polar surface area (TPSA) is 81.3 Å². The summed E-state index contributed by atoms with van der Waals surface area (Å²) in [4.78, 5) is 36.5. The molecule has 1 aromatic heterocycles. The summed E-state index contributed by atoms with van der Waals surface area (Å²) < 4.78 is 0. The normalized spacial score (nSPS) is 16.9. The Labute approximate surface area is 172 Å². The number of aromatic amines is 1. The number of hydrogen-bond acceptors (Lipinski definition) is 3. The lowest BCUT2D eigenvalue weighted by Gasteiger charge is -2.31. The zero-order valence-corrected chi connectivity index (χ0v) is 17.6. The molecule has 0 bridgehead atoms.